The summed E-state index contributed by atoms with van der Waals surface area (Å²) in [4.78, 5) is 14.6. The molecule has 5 nitrogen and oxygen atoms in total. The SMILES string of the molecule is COc1ccc(CC(=O)NCCCN(C)C2CCCCC2)cc1OC. The molecule has 1 aromatic carbocycles. The van der Waals surface area contributed by atoms with Gasteiger partial charge in [-0.05, 0) is 50.6 Å². The standard InChI is InChI=1S/C20H32N2O3/c1-22(17-8-5-4-6-9-17)13-7-12-21-20(23)15-16-10-11-18(24-2)19(14-16)25-3/h10-11,14,17H,4-9,12-13,15H2,1-3H3,(H,21,23). The Morgan fingerprint density at radius 1 is 1.16 bits per heavy atom. The van der Waals surface area contributed by atoms with Crippen molar-refractivity contribution in [2.24, 2.45) is 0 Å². The zero-order valence-corrected chi connectivity index (χ0v) is 15.8. The van der Waals surface area contributed by atoms with Crippen LogP contribution in [0.25, 0.3) is 0 Å². The lowest BCUT2D eigenvalue weighted by molar-refractivity contribution is -0.120. The number of ether oxygens (including phenoxy) is 2. The molecule has 1 saturated carbocycles. The van der Waals surface area contributed by atoms with E-state index in [4.69, 9.17) is 9.47 Å². The third-order valence-corrected chi connectivity index (χ3v) is 5.02. The van der Waals surface area contributed by atoms with E-state index < -0.39 is 0 Å². The zero-order chi connectivity index (χ0) is 18.1. The van der Waals surface area contributed by atoms with E-state index in [1.54, 1.807) is 14.2 Å². The molecule has 25 heavy (non-hydrogen) atoms. The summed E-state index contributed by atoms with van der Waals surface area (Å²) in [6.45, 7) is 1.77. The second-order valence-corrected chi connectivity index (χ2v) is 6.84. The molecule has 1 amide bonds. The molecule has 0 bridgehead atoms. The quantitative estimate of drug-likeness (QED) is 0.697. The first-order valence-corrected chi connectivity index (χ1v) is 9.32. The normalized spacial score (nSPS) is 15.2. The second-order valence-electron chi connectivity index (χ2n) is 6.84. The lowest BCUT2D eigenvalue weighted by Crippen LogP contribution is -2.36. The largest absolute Gasteiger partial charge is 0.493 e. The van der Waals surface area contributed by atoms with Gasteiger partial charge in [0.1, 0.15) is 0 Å². The molecule has 0 saturated heterocycles. The lowest BCUT2D eigenvalue weighted by Gasteiger charge is -2.31. The van der Waals surface area contributed by atoms with E-state index >= 15 is 0 Å². The van der Waals surface area contributed by atoms with Gasteiger partial charge in [-0.1, -0.05) is 25.3 Å². The number of nitrogens with zero attached hydrogens (tertiary/aromatic N) is 1. The summed E-state index contributed by atoms with van der Waals surface area (Å²) < 4.78 is 10.5. The molecular weight excluding hydrogens is 316 g/mol. The van der Waals surface area contributed by atoms with Gasteiger partial charge in [-0.25, -0.2) is 0 Å². The second kappa shape index (κ2) is 10.3. The number of nitrogens with one attached hydrogen (secondary N) is 1. The monoisotopic (exact) mass is 348 g/mol. The van der Waals surface area contributed by atoms with Gasteiger partial charge >= 0.3 is 0 Å². The van der Waals surface area contributed by atoms with E-state index in [1.807, 2.05) is 18.2 Å². The van der Waals surface area contributed by atoms with Crippen LogP contribution in [0.15, 0.2) is 18.2 Å². The summed E-state index contributed by atoms with van der Waals surface area (Å²) in [6, 6.07) is 6.32. The molecule has 0 radical (unpaired) electrons. The highest BCUT2D eigenvalue weighted by atomic mass is 16.5. The van der Waals surface area contributed by atoms with Gasteiger partial charge in [0.05, 0.1) is 20.6 Å². The molecule has 1 N–H and O–H groups in total. The van der Waals surface area contributed by atoms with Crippen LogP contribution in [0.3, 0.4) is 0 Å². The molecule has 0 aromatic heterocycles. The van der Waals surface area contributed by atoms with Gasteiger partial charge in [-0.2, -0.15) is 0 Å². The average molecular weight is 348 g/mol. The van der Waals surface area contributed by atoms with Gasteiger partial charge in [0.25, 0.3) is 0 Å². The van der Waals surface area contributed by atoms with E-state index in [0.717, 1.165) is 31.1 Å². The Hall–Kier alpha value is -1.75. The van der Waals surface area contributed by atoms with Crippen LogP contribution in [0, 0.1) is 0 Å². The van der Waals surface area contributed by atoms with Crippen molar-refractivity contribution in [2.45, 2.75) is 51.0 Å². The highest BCUT2D eigenvalue weighted by Crippen LogP contribution is 2.27. The molecule has 2 rings (SSSR count). The molecular formula is C20H32N2O3. The minimum absolute atomic E-state index is 0.0486. The summed E-state index contributed by atoms with van der Waals surface area (Å²) in [5.41, 5.74) is 0.925. The van der Waals surface area contributed by atoms with Crippen molar-refractivity contribution in [3.63, 3.8) is 0 Å². The Bertz CT molecular complexity index is 542. The van der Waals surface area contributed by atoms with Gasteiger partial charge in [-0.3, -0.25) is 4.79 Å². The van der Waals surface area contributed by atoms with E-state index in [1.165, 1.54) is 32.1 Å². The molecule has 5 heteroatoms. The van der Waals surface area contributed by atoms with Crippen molar-refractivity contribution in [3.05, 3.63) is 23.8 Å². The number of rotatable bonds is 9. The number of carbonyl (C=O) groups excluding carboxylic acids is 1. The van der Waals surface area contributed by atoms with Gasteiger partial charge in [0, 0.05) is 12.6 Å². The minimum Gasteiger partial charge on any atom is -0.493 e. The Kier molecular flexibility index (Phi) is 8.06. The van der Waals surface area contributed by atoms with Crippen molar-refractivity contribution in [2.75, 3.05) is 34.4 Å². The topological polar surface area (TPSA) is 50.8 Å². The van der Waals surface area contributed by atoms with Crippen LogP contribution in [-0.4, -0.2) is 51.2 Å². The molecule has 1 aliphatic rings. The molecule has 140 valence electrons. The van der Waals surface area contributed by atoms with Crippen LogP contribution < -0.4 is 14.8 Å². The van der Waals surface area contributed by atoms with E-state index in [0.29, 0.717) is 17.9 Å². The Morgan fingerprint density at radius 3 is 2.56 bits per heavy atom. The smallest absolute Gasteiger partial charge is 0.224 e. The van der Waals surface area contributed by atoms with E-state index in [-0.39, 0.29) is 5.91 Å². The van der Waals surface area contributed by atoms with Crippen molar-refractivity contribution in [1.29, 1.82) is 0 Å². The molecule has 0 aliphatic heterocycles. The Morgan fingerprint density at radius 2 is 1.88 bits per heavy atom. The highest BCUT2D eigenvalue weighted by Gasteiger charge is 2.17. The highest BCUT2D eigenvalue weighted by molar-refractivity contribution is 5.78. The minimum atomic E-state index is 0.0486. The predicted molar refractivity (Wildman–Crippen MR) is 100 cm³/mol. The van der Waals surface area contributed by atoms with Crippen LogP contribution in [0.4, 0.5) is 0 Å². The van der Waals surface area contributed by atoms with E-state index in [2.05, 4.69) is 17.3 Å². The molecule has 0 atom stereocenters. The summed E-state index contributed by atoms with van der Waals surface area (Å²) in [5.74, 6) is 1.38. The van der Waals surface area contributed by atoms with Crippen LogP contribution in [0.5, 0.6) is 11.5 Å². The summed E-state index contributed by atoms with van der Waals surface area (Å²) in [6.07, 6.45) is 8.10. The van der Waals surface area contributed by atoms with E-state index in [9.17, 15) is 4.79 Å². The molecule has 1 aliphatic carbocycles. The van der Waals surface area contributed by atoms with Crippen LogP contribution in [0.2, 0.25) is 0 Å². The van der Waals surface area contributed by atoms with Crippen LogP contribution in [-0.2, 0) is 11.2 Å². The summed E-state index contributed by atoms with van der Waals surface area (Å²) >= 11 is 0. The Labute approximate surface area is 151 Å². The maximum absolute atomic E-state index is 12.1. The number of amides is 1. The number of carbonyl (C=O) groups is 1. The molecule has 0 spiro atoms. The zero-order valence-electron chi connectivity index (χ0n) is 15.8. The van der Waals surface area contributed by atoms with Crippen LogP contribution in [0.1, 0.15) is 44.1 Å². The van der Waals surface area contributed by atoms with Gasteiger partial charge in [0.2, 0.25) is 5.91 Å². The maximum atomic E-state index is 12.1. The number of hydrogen-bond acceptors (Lipinski definition) is 4. The molecule has 1 fully saturated rings. The van der Waals surface area contributed by atoms with Gasteiger partial charge in [-0.15, -0.1) is 0 Å². The van der Waals surface area contributed by atoms with Gasteiger partial charge in [0.15, 0.2) is 11.5 Å². The summed E-state index contributed by atoms with van der Waals surface area (Å²) in [5, 5.41) is 3.02. The third kappa shape index (κ3) is 6.24. The number of benzene rings is 1. The fourth-order valence-electron chi connectivity index (χ4n) is 3.50. The lowest BCUT2D eigenvalue weighted by atomic mass is 9.94. The molecule has 0 heterocycles. The first-order chi connectivity index (χ1) is 12.1. The van der Waals surface area contributed by atoms with Crippen molar-refractivity contribution >= 4 is 5.91 Å². The number of hydrogen-bond donors (Lipinski definition) is 1. The maximum Gasteiger partial charge on any atom is 0.224 e. The molecule has 0 unspecified atom stereocenters. The van der Waals surface area contributed by atoms with Crippen LogP contribution >= 0.6 is 0 Å². The first kappa shape index (κ1) is 19.6. The van der Waals surface area contributed by atoms with Crippen molar-refractivity contribution < 1.29 is 14.3 Å². The van der Waals surface area contributed by atoms with Gasteiger partial charge < -0.3 is 19.7 Å². The fraction of sp³-hybridized carbons (Fsp3) is 0.650. The van der Waals surface area contributed by atoms with Crippen molar-refractivity contribution in [1.82, 2.24) is 10.2 Å². The first-order valence-electron chi connectivity index (χ1n) is 9.32. The van der Waals surface area contributed by atoms with Crippen molar-refractivity contribution in [3.8, 4) is 11.5 Å². The fourth-order valence-corrected chi connectivity index (χ4v) is 3.50. The Balaban J connectivity index is 1.68. The number of methoxy groups -OCH3 is 2. The molecule has 1 aromatic rings. The average Bonchev–Trinajstić information content (AvgIpc) is 2.65. The summed E-state index contributed by atoms with van der Waals surface area (Å²) in [7, 11) is 5.42. The third-order valence-electron chi connectivity index (χ3n) is 5.02. The predicted octanol–water partition coefficient (Wildman–Crippen LogP) is 3.02.